The van der Waals surface area contributed by atoms with Gasteiger partial charge in [0, 0.05) is 11.5 Å². The van der Waals surface area contributed by atoms with Crippen molar-refractivity contribution >= 4 is 11.1 Å². The molecule has 1 N–H and O–H groups in total. The maximum Gasteiger partial charge on any atom is 0.417 e. The average Bonchev–Trinajstić information content (AvgIpc) is 2.99. The van der Waals surface area contributed by atoms with Gasteiger partial charge < -0.3 is 4.42 Å². The van der Waals surface area contributed by atoms with Gasteiger partial charge in [0.05, 0.1) is 5.52 Å². The standard InChI is InChI=1S/C17H18N2O2/c1-11-5-6-17(7-8-19(2)15(17)9-11)12-3-4-13-14(10-12)21-16(20)18-13/h3-6,9-10,15H,7-8H2,1-2H3,(H,18,20)/t15-,17-/m0/s1. The molecular formula is C17H18N2O2. The molecular weight excluding hydrogens is 264 g/mol. The summed E-state index contributed by atoms with van der Waals surface area (Å²) in [6.07, 6.45) is 7.94. The molecule has 4 heteroatoms. The number of oxazole rings is 1. The van der Waals surface area contributed by atoms with E-state index in [4.69, 9.17) is 4.42 Å². The van der Waals surface area contributed by atoms with Gasteiger partial charge in [-0.2, -0.15) is 0 Å². The number of H-pyrrole nitrogens is 1. The van der Waals surface area contributed by atoms with Crippen LogP contribution in [0.2, 0.25) is 0 Å². The van der Waals surface area contributed by atoms with Gasteiger partial charge in [0.1, 0.15) is 0 Å². The predicted molar refractivity (Wildman–Crippen MR) is 82.4 cm³/mol. The van der Waals surface area contributed by atoms with Gasteiger partial charge in [0.25, 0.3) is 0 Å². The number of allylic oxidation sites excluding steroid dienone is 2. The highest BCUT2D eigenvalue weighted by Gasteiger charge is 2.45. The highest BCUT2D eigenvalue weighted by Crippen LogP contribution is 2.44. The van der Waals surface area contributed by atoms with Crippen LogP contribution in [-0.2, 0) is 5.41 Å². The molecule has 0 spiro atoms. The van der Waals surface area contributed by atoms with E-state index >= 15 is 0 Å². The quantitative estimate of drug-likeness (QED) is 0.874. The van der Waals surface area contributed by atoms with Gasteiger partial charge in [-0.1, -0.05) is 29.9 Å². The molecule has 0 amide bonds. The molecule has 1 aromatic carbocycles. The number of nitrogens with one attached hydrogen (secondary N) is 1. The lowest BCUT2D eigenvalue weighted by Gasteiger charge is -2.36. The molecule has 1 aromatic heterocycles. The van der Waals surface area contributed by atoms with Crippen molar-refractivity contribution in [3.63, 3.8) is 0 Å². The van der Waals surface area contributed by atoms with Gasteiger partial charge in [-0.25, -0.2) is 4.79 Å². The summed E-state index contributed by atoms with van der Waals surface area (Å²) in [6.45, 7) is 3.20. The SMILES string of the molecule is CC1=C[C@@H]2N(C)CC[C@]2(c2ccc3[nH]c(=O)oc3c2)C=C1. The number of benzene rings is 1. The van der Waals surface area contributed by atoms with Crippen molar-refractivity contribution < 1.29 is 4.42 Å². The van der Waals surface area contributed by atoms with Gasteiger partial charge in [0.2, 0.25) is 0 Å². The summed E-state index contributed by atoms with van der Waals surface area (Å²) in [5.41, 5.74) is 3.90. The molecule has 4 rings (SSSR count). The molecule has 2 aromatic rings. The van der Waals surface area contributed by atoms with Crippen LogP contribution in [0.25, 0.3) is 11.1 Å². The molecule has 1 fully saturated rings. The Kier molecular flexibility index (Phi) is 2.54. The van der Waals surface area contributed by atoms with Crippen molar-refractivity contribution in [2.24, 2.45) is 0 Å². The first-order valence-corrected chi connectivity index (χ1v) is 7.30. The number of likely N-dealkylation sites (tertiary alicyclic amines) is 1. The molecule has 4 nitrogen and oxygen atoms in total. The first-order valence-electron chi connectivity index (χ1n) is 7.30. The second-order valence-corrected chi connectivity index (χ2v) is 6.19. The molecule has 21 heavy (non-hydrogen) atoms. The van der Waals surface area contributed by atoms with E-state index in [0.29, 0.717) is 11.6 Å². The summed E-state index contributed by atoms with van der Waals surface area (Å²) in [6, 6.07) is 6.43. The number of hydrogen-bond acceptors (Lipinski definition) is 3. The van der Waals surface area contributed by atoms with Crippen LogP contribution >= 0.6 is 0 Å². The lowest BCUT2D eigenvalue weighted by atomic mass is 9.71. The monoisotopic (exact) mass is 282 g/mol. The first-order chi connectivity index (χ1) is 10.1. The van der Waals surface area contributed by atoms with Crippen molar-refractivity contribution in [2.45, 2.75) is 24.8 Å². The molecule has 1 aliphatic heterocycles. The van der Waals surface area contributed by atoms with Gasteiger partial charge in [-0.05, 0) is 44.6 Å². The Labute approximate surface area is 122 Å². The van der Waals surface area contributed by atoms with Gasteiger partial charge in [-0.15, -0.1) is 0 Å². The van der Waals surface area contributed by atoms with Gasteiger partial charge in [0.15, 0.2) is 5.58 Å². The van der Waals surface area contributed by atoms with Crippen LogP contribution in [0.1, 0.15) is 18.9 Å². The first kappa shape index (κ1) is 12.7. The largest absolute Gasteiger partial charge is 0.417 e. The van der Waals surface area contributed by atoms with Crippen LogP contribution in [0.4, 0.5) is 0 Å². The predicted octanol–water partition coefficient (Wildman–Crippen LogP) is 2.58. The maximum atomic E-state index is 11.3. The zero-order valence-corrected chi connectivity index (χ0v) is 12.2. The van der Waals surface area contributed by atoms with E-state index in [9.17, 15) is 4.79 Å². The molecule has 2 aliphatic rings. The summed E-state index contributed by atoms with van der Waals surface area (Å²) in [5.74, 6) is -0.394. The van der Waals surface area contributed by atoms with Crippen LogP contribution < -0.4 is 5.76 Å². The molecule has 0 unspecified atom stereocenters. The minimum absolute atomic E-state index is 0.0156. The van der Waals surface area contributed by atoms with E-state index in [0.717, 1.165) is 18.5 Å². The number of aromatic amines is 1. The number of rotatable bonds is 1. The van der Waals surface area contributed by atoms with Gasteiger partial charge in [-0.3, -0.25) is 9.88 Å². The van der Waals surface area contributed by atoms with E-state index in [-0.39, 0.29) is 5.41 Å². The minimum atomic E-state index is -0.394. The number of nitrogens with zero attached hydrogens (tertiary/aromatic N) is 1. The Hall–Kier alpha value is -2.07. The number of fused-ring (bicyclic) bond motifs is 2. The smallest absolute Gasteiger partial charge is 0.408 e. The summed E-state index contributed by atoms with van der Waals surface area (Å²) in [4.78, 5) is 16.4. The number of aromatic nitrogens is 1. The van der Waals surface area contributed by atoms with E-state index in [2.05, 4.69) is 48.1 Å². The van der Waals surface area contributed by atoms with E-state index < -0.39 is 5.76 Å². The Balaban J connectivity index is 1.89. The summed E-state index contributed by atoms with van der Waals surface area (Å²) >= 11 is 0. The zero-order valence-electron chi connectivity index (χ0n) is 12.2. The van der Waals surface area contributed by atoms with Crippen molar-refractivity contribution in [3.05, 3.63) is 58.1 Å². The normalized spacial score (nSPS) is 28.9. The molecule has 1 saturated heterocycles. The van der Waals surface area contributed by atoms with Crippen LogP contribution in [0.15, 0.2) is 51.2 Å². The van der Waals surface area contributed by atoms with Crippen molar-refractivity contribution in [1.82, 2.24) is 9.88 Å². The summed E-state index contributed by atoms with van der Waals surface area (Å²) < 4.78 is 5.23. The topological polar surface area (TPSA) is 49.2 Å². The Morgan fingerprint density at radius 2 is 2.29 bits per heavy atom. The lowest BCUT2D eigenvalue weighted by molar-refractivity contribution is 0.318. The van der Waals surface area contributed by atoms with Crippen molar-refractivity contribution in [1.29, 1.82) is 0 Å². The molecule has 0 radical (unpaired) electrons. The molecule has 2 heterocycles. The fraction of sp³-hybridized carbons (Fsp3) is 0.353. The van der Waals surface area contributed by atoms with Crippen LogP contribution in [-0.4, -0.2) is 29.5 Å². The molecule has 108 valence electrons. The van der Waals surface area contributed by atoms with Crippen LogP contribution in [0, 0.1) is 0 Å². The van der Waals surface area contributed by atoms with E-state index in [1.54, 1.807) is 0 Å². The Bertz CT molecular complexity index is 827. The highest BCUT2D eigenvalue weighted by atomic mass is 16.4. The molecule has 2 atom stereocenters. The summed E-state index contributed by atoms with van der Waals surface area (Å²) in [7, 11) is 2.17. The highest BCUT2D eigenvalue weighted by molar-refractivity contribution is 5.73. The van der Waals surface area contributed by atoms with E-state index in [1.165, 1.54) is 11.1 Å². The maximum absolute atomic E-state index is 11.3. The fourth-order valence-electron chi connectivity index (χ4n) is 3.73. The molecule has 0 bridgehead atoms. The zero-order chi connectivity index (χ0) is 14.6. The fourth-order valence-corrected chi connectivity index (χ4v) is 3.73. The third kappa shape index (κ3) is 1.75. The molecule has 0 saturated carbocycles. The third-order valence-electron chi connectivity index (χ3n) is 4.90. The second-order valence-electron chi connectivity index (χ2n) is 6.19. The van der Waals surface area contributed by atoms with E-state index in [1.807, 2.05) is 12.1 Å². The average molecular weight is 282 g/mol. The van der Waals surface area contributed by atoms with Gasteiger partial charge >= 0.3 is 5.76 Å². The lowest BCUT2D eigenvalue weighted by Crippen LogP contribution is -2.39. The Morgan fingerprint density at radius 1 is 1.43 bits per heavy atom. The minimum Gasteiger partial charge on any atom is -0.408 e. The molecule has 1 aliphatic carbocycles. The third-order valence-corrected chi connectivity index (χ3v) is 4.90. The van der Waals surface area contributed by atoms with Crippen LogP contribution in [0.5, 0.6) is 0 Å². The number of hydrogen-bond donors (Lipinski definition) is 1. The Morgan fingerprint density at radius 3 is 3.14 bits per heavy atom. The van der Waals surface area contributed by atoms with Crippen LogP contribution in [0.3, 0.4) is 0 Å². The summed E-state index contributed by atoms with van der Waals surface area (Å²) in [5, 5.41) is 0. The second kappa shape index (κ2) is 4.21. The number of likely N-dealkylation sites (N-methyl/N-ethyl adjacent to an activating group) is 1. The van der Waals surface area contributed by atoms with Crippen molar-refractivity contribution in [2.75, 3.05) is 13.6 Å². The van der Waals surface area contributed by atoms with Crippen molar-refractivity contribution in [3.8, 4) is 0 Å².